The maximum absolute atomic E-state index is 11.5. The van der Waals surface area contributed by atoms with Crippen LogP contribution < -0.4 is 5.73 Å². The van der Waals surface area contributed by atoms with Gasteiger partial charge in [-0.25, -0.2) is 0 Å². The third-order valence-electron chi connectivity index (χ3n) is 2.39. The van der Waals surface area contributed by atoms with Crippen LogP contribution in [-0.4, -0.2) is 13.1 Å². The molecule has 0 saturated carbocycles. The van der Waals surface area contributed by atoms with Crippen molar-refractivity contribution in [2.75, 3.05) is 7.11 Å². The highest BCUT2D eigenvalue weighted by molar-refractivity contribution is 9.11. The van der Waals surface area contributed by atoms with Gasteiger partial charge in [0.1, 0.15) is 0 Å². The van der Waals surface area contributed by atoms with Gasteiger partial charge in [0.25, 0.3) is 0 Å². The fourth-order valence-corrected chi connectivity index (χ4v) is 2.85. The number of halogens is 1. The Morgan fingerprint density at radius 1 is 1.60 bits per heavy atom. The highest BCUT2D eigenvalue weighted by atomic mass is 79.9. The van der Waals surface area contributed by atoms with Crippen molar-refractivity contribution in [3.63, 3.8) is 0 Å². The van der Waals surface area contributed by atoms with Crippen LogP contribution in [0.25, 0.3) is 0 Å². The molecule has 0 radical (unpaired) electrons. The first-order chi connectivity index (χ1) is 6.89. The Kier molecular flexibility index (Phi) is 3.92. The summed E-state index contributed by atoms with van der Waals surface area (Å²) >= 11 is 4.90. The van der Waals surface area contributed by atoms with Crippen LogP contribution >= 0.6 is 27.3 Å². The Morgan fingerprint density at radius 2 is 2.20 bits per heavy atom. The predicted molar refractivity (Wildman–Crippen MR) is 64.7 cm³/mol. The monoisotopic (exact) mass is 291 g/mol. The van der Waals surface area contributed by atoms with Crippen LogP contribution in [0.15, 0.2) is 15.9 Å². The molecular weight excluding hydrogens is 278 g/mol. The van der Waals surface area contributed by atoms with E-state index in [0.717, 1.165) is 8.66 Å². The fraction of sp³-hybridized carbons (Fsp3) is 0.500. The summed E-state index contributed by atoms with van der Waals surface area (Å²) in [5.74, 6) is -0.292. The average molecular weight is 292 g/mol. The van der Waals surface area contributed by atoms with E-state index in [2.05, 4.69) is 15.9 Å². The van der Waals surface area contributed by atoms with Crippen molar-refractivity contribution >= 4 is 33.2 Å². The first-order valence-electron chi connectivity index (χ1n) is 4.49. The number of rotatable bonds is 3. The Morgan fingerprint density at radius 3 is 2.60 bits per heavy atom. The van der Waals surface area contributed by atoms with Crippen LogP contribution in [0.3, 0.4) is 0 Å². The molecule has 1 heterocycles. The van der Waals surface area contributed by atoms with E-state index < -0.39 is 5.41 Å². The van der Waals surface area contributed by atoms with E-state index in [9.17, 15) is 4.79 Å². The molecule has 2 N–H and O–H groups in total. The van der Waals surface area contributed by atoms with Crippen molar-refractivity contribution in [2.24, 2.45) is 11.1 Å². The second-order valence-electron chi connectivity index (χ2n) is 3.83. The average Bonchev–Trinajstić information content (AvgIpc) is 2.62. The van der Waals surface area contributed by atoms with Crippen LogP contribution in [0, 0.1) is 5.41 Å². The Bertz CT molecular complexity index is 362. The van der Waals surface area contributed by atoms with Gasteiger partial charge in [-0.2, -0.15) is 0 Å². The van der Waals surface area contributed by atoms with E-state index in [4.69, 9.17) is 10.5 Å². The smallest absolute Gasteiger partial charge is 0.313 e. The molecule has 15 heavy (non-hydrogen) atoms. The first kappa shape index (κ1) is 12.7. The molecular formula is C10H14BrNO2S. The lowest BCUT2D eigenvalue weighted by Gasteiger charge is -2.27. The van der Waals surface area contributed by atoms with Gasteiger partial charge in [-0.3, -0.25) is 4.79 Å². The zero-order valence-electron chi connectivity index (χ0n) is 8.91. The molecule has 0 amide bonds. The zero-order valence-corrected chi connectivity index (χ0v) is 11.3. The zero-order chi connectivity index (χ0) is 11.6. The molecule has 0 fully saturated rings. The number of hydrogen-bond acceptors (Lipinski definition) is 4. The van der Waals surface area contributed by atoms with Gasteiger partial charge in [-0.1, -0.05) is 0 Å². The SMILES string of the molecule is COC(=O)C(C)(C)[C@H](N)c1ccc(Br)s1. The molecule has 0 saturated heterocycles. The Labute approximate surface area is 102 Å². The lowest BCUT2D eigenvalue weighted by Crippen LogP contribution is -2.36. The molecule has 1 atom stereocenters. The summed E-state index contributed by atoms with van der Waals surface area (Å²) < 4.78 is 5.75. The number of thiophene rings is 1. The van der Waals surface area contributed by atoms with Crippen molar-refractivity contribution in [1.82, 2.24) is 0 Å². The molecule has 0 bridgehead atoms. The number of methoxy groups -OCH3 is 1. The first-order valence-corrected chi connectivity index (χ1v) is 6.09. The third-order valence-corrected chi connectivity index (χ3v) is 4.10. The standard InChI is InChI=1S/C10H14BrNO2S/c1-10(2,9(13)14-3)8(12)6-4-5-7(11)15-6/h4-5,8H,12H2,1-3H3/t8-/m1/s1. The summed E-state index contributed by atoms with van der Waals surface area (Å²) in [5.41, 5.74) is 5.34. The number of esters is 1. The molecule has 0 unspecified atom stereocenters. The summed E-state index contributed by atoms with van der Waals surface area (Å²) in [4.78, 5) is 12.5. The molecule has 84 valence electrons. The minimum Gasteiger partial charge on any atom is -0.469 e. The normalized spacial score (nSPS) is 13.7. The van der Waals surface area contributed by atoms with E-state index in [-0.39, 0.29) is 12.0 Å². The summed E-state index contributed by atoms with van der Waals surface area (Å²) in [5, 5.41) is 0. The van der Waals surface area contributed by atoms with Gasteiger partial charge >= 0.3 is 5.97 Å². The fourth-order valence-electron chi connectivity index (χ4n) is 1.24. The number of nitrogens with two attached hydrogens (primary N) is 1. The topological polar surface area (TPSA) is 52.3 Å². The van der Waals surface area contributed by atoms with Gasteiger partial charge in [0.2, 0.25) is 0 Å². The van der Waals surface area contributed by atoms with Crippen LogP contribution in [0.2, 0.25) is 0 Å². The van der Waals surface area contributed by atoms with E-state index in [0.29, 0.717) is 0 Å². The Hall–Kier alpha value is -0.390. The largest absolute Gasteiger partial charge is 0.469 e. The second-order valence-corrected chi connectivity index (χ2v) is 6.33. The Balaban J connectivity index is 2.93. The van der Waals surface area contributed by atoms with Crippen LogP contribution in [0.5, 0.6) is 0 Å². The molecule has 0 aliphatic rings. The van der Waals surface area contributed by atoms with Crippen molar-refractivity contribution in [3.05, 3.63) is 20.8 Å². The van der Waals surface area contributed by atoms with Crippen molar-refractivity contribution < 1.29 is 9.53 Å². The van der Waals surface area contributed by atoms with Gasteiger partial charge in [0, 0.05) is 4.88 Å². The molecule has 1 aromatic heterocycles. The molecule has 0 spiro atoms. The van der Waals surface area contributed by atoms with Gasteiger partial charge in [0.15, 0.2) is 0 Å². The molecule has 5 heteroatoms. The summed E-state index contributed by atoms with van der Waals surface area (Å²) in [6, 6.07) is 3.50. The molecule has 1 aromatic rings. The highest BCUT2D eigenvalue weighted by Crippen LogP contribution is 2.37. The van der Waals surface area contributed by atoms with Crippen LogP contribution in [0.1, 0.15) is 24.8 Å². The van der Waals surface area contributed by atoms with Crippen molar-refractivity contribution in [1.29, 1.82) is 0 Å². The maximum Gasteiger partial charge on any atom is 0.313 e. The summed E-state index contributed by atoms with van der Waals surface area (Å²) in [7, 11) is 1.38. The number of hydrogen-bond donors (Lipinski definition) is 1. The minimum atomic E-state index is -0.709. The quantitative estimate of drug-likeness (QED) is 0.871. The van der Waals surface area contributed by atoms with E-state index in [1.165, 1.54) is 18.4 Å². The van der Waals surface area contributed by atoms with Gasteiger partial charge < -0.3 is 10.5 Å². The van der Waals surface area contributed by atoms with Crippen molar-refractivity contribution in [2.45, 2.75) is 19.9 Å². The molecule has 0 aliphatic heterocycles. The van der Waals surface area contributed by atoms with Crippen LogP contribution in [-0.2, 0) is 9.53 Å². The number of ether oxygens (including phenoxy) is 1. The third kappa shape index (κ3) is 2.59. The van der Waals surface area contributed by atoms with E-state index >= 15 is 0 Å². The molecule has 0 aromatic carbocycles. The molecule has 0 aliphatic carbocycles. The van der Waals surface area contributed by atoms with E-state index in [1.807, 2.05) is 12.1 Å². The number of carbonyl (C=O) groups excluding carboxylic acids is 1. The minimum absolute atomic E-state index is 0.292. The predicted octanol–water partition coefficient (Wildman–Crippen LogP) is 2.71. The molecule has 1 rings (SSSR count). The highest BCUT2D eigenvalue weighted by Gasteiger charge is 2.37. The van der Waals surface area contributed by atoms with Gasteiger partial charge in [0.05, 0.1) is 22.4 Å². The number of carbonyl (C=O) groups is 1. The second kappa shape index (κ2) is 4.63. The van der Waals surface area contributed by atoms with Gasteiger partial charge in [-0.15, -0.1) is 11.3 Å². The van der Waals surface area contributed by atoms with E-state index in [1.54, 1.807) is 13.8 Å². The lowest BCUT2D eigenvalue weighted by atomic mass is 9.84. The van der Waals surface area contributed by atoms with Gasteiger partial charge in [-0.05, 0) is 41.9 Å². The lowest BCUT2D eigenvalue weighted by molar-refractivity contribution is -0.152. The van der Waals surface area contributed by atoms with Crippen molar-refractivity contribution in [3.8, 4) is 0 Å². The molecule has 3 nitrogen and oxygen atoms in total. The summed E-state index contributed by atoms with van der Waals surface area (Å²) in [6.45, 7) is 3.58. The maximum atomic E-state index is 11.5. The summed E-state index contributed by atoms with van der Waals surface area (Å²) in [6.07, 6.45) is 0. The van der Waals surface area contributed by atoms with Crippen LogP contribution in [0.4, 0.5) is 0 Å².